The van der Waals surface area contributed by atoms with Gasteiger partial charge in [0, 0.05) is 17.8 Å². The van der Waals surface area contributed by atoms with Crippen molar-refractivity contribution < 1.29 is 19.1 Å². The summed E-state index contributed by atoms with van der Waals surface area (Å²) in [6.07, 6.45) is 0.965. The zero-order valence-corrected chi connectivity index (χ0v) is 19.2. The molecule has 4 aromatic rings. The molecule has 3 aromatic carbocycles. The summed E-state index contributed by atoms with van der Waals surface area (Å²) in [5.41, 5.74) is 6.06. The summed E-state index contributed by atoms with van der Waals surface area (Å²) in [5.74, 6) is -1.00. The Morgan fingerprint density at radius 3 is 2.56 bits per heavy atom. The van der Waals surface area contributed by atoms with Gasteiger partial charge < -0.3 is 20.2 Å². The number of aryl methyl sites for hydroxylation is 2. The standard InChI is InChI=1S/C27H27N3O4/c1-17-5-3-4-6-22(17)29-27-30-23-13-7-19(16-24(23)34-27)8-14-25(31)28-21-11-9-20(10-12-21)18(2)15-26(32)33/h3-7,9-13,16,18H,8,14-15H2,1-2H3,(H,28,31)(H,29,30)(H,32,33). The average molecular weight is 458 g/mol. The number of carboxylic acid groups (broad SMARTS) is 1. The number of hydrogen-bond acceptors (Lipinski definition) is 5. The molecule has 0 aliphatic carbocycles. The Bertz CT molecular complexity index is 1310. The number of nitrogens with one attached hydrogen (secondary N) is 2. The molecule has 1 amide bonds. The van der Waals surface area contributed by atoms with Crippen molar-refractivity contribution in [3.8, 4) is 0 Å². The highest BCUT2D eigenvalue weighted by Crippen LogP contribution is 2.25. The molecule has 1 unspecified atom stereocenters. The van der Waals surface area contributed by atoms with Gasteiger partial charge in [0.1, 0.15) is 5.52 Å². The van der Waals surface area contributed by atoms with Gasteiger partial charge in [-0.05, 0) is 66.3 Å². The van der Waals surface area contributed by atoms with Gasteiger partial charge in [0.15, 0.2) is 5.58 Å². The number of anilines is 3. The van der Waals surface area contributed by atoms with Gasteiger partial charge in [-0.1, -0.05) is 43.3 Å². The topological polar surface area (TPSA) is 104 Å². The fourth-order valence-electron chi connectivity index (χ4n) is 3.76. The minimum Gasteiger partial charge on any atom is -0.481 e. The van der Waals surface area contributed by atoms with Crippen LogP contribution in [-0.2, 0) is 16.0 Å². The molecule has 0 fully saturated rings. The number of hydrogen-bond donors (Lipinski definition) is 3. The third-order valence-electron chi connectivity index (χ3n) is 5.72. The van der Waals surface area contributed by atoms with Crippen LogP contribution < -0.4 is 10.6 Å². The fourth-order valence-corrected chi connectivity index (χ4v) is 3.76. The molecule has 1 aromatic heterocycles. The number of aromatic nitrogens is 1. The zero-order valence-electron chi connectivity index (χ0n) is 19.2. The normalized spacial score (nSPS) is 11.8. The summed E-state index contributed by atoms with van der Waals surface area (Å²) >= 11 is 0. The van der Waals surface area contributed by atoms with E-state index in [9.17, 15) is 9.59 Å². The average Bonchev–Trinajstić information content (AvgIpc) is 3.21. The van der Waals surface area contributed by atoms with Crippen molar-refractivity contribution in [3.05, 3.63) is 83.4 Å². The molecule has 4 rings (SSSR count). The number of fused-ring (bicyclic) bond motifs is 1. The highest BCUT2D eigenvalue weighted by Gasteiger charge is 2.12. The van der Waals surface area contributed by atoms with Crippen molar-refractivity contribution in [1.29, 1.82) is 0 Å². The lowest BCUT2D eigenvalue weighted by atomic mass is 9.98. The number of rotatable bonds is 9. The molecular formula is C27H27N3O4. The van der Waals surface area contributed by atoms with Crippen LogP contribution in [0.4, 0.5) is 17.4 Å². The first kappa shape index (κ1) is 23.0. The predicted octanol–water partition coefficient (Wildman–Crippen LogP) is 6.03. The number of benzene rings is 3. The molecule has 0 aliphatic rings. The number of nitrogens with zero attached hydrogens (tertiary/aromatic N) is 1. The van der Waals surface area contributed by atoms with Gasteiger partial charge in [-0.2, -0.15) is 4.98 Å². The van der Waals surface area contributed by atoms with E-state index in [4.69, 9.17) is 9.52 Å². The molecular weight excluding hydrogens is 430 g/mol. The van der Waals surface area contributed by atoms with Crippen molar-refractivity contribution in [1.82, 2.24) is 4.98 Å². The van der Waals surface area contributed by atoms with Crippen LogP contribution in [0, 0.1) is 6.92 Å². The van der Waals surface area contributed by atoms with Gasteiger partial charge in [-0.15, -0.1) is 0 Å². The van der Waals surface area contributed by atoms with Crippen molar-refractivity contribution in [2.75, 3.05) is 10.6 Å². The molecule has 3 N–H and O–H groups in total. The summed E-state index contributed by atoms with van der Waals surface area (Å²) in [6, 6.07) is 21.4. The van der Waals surface area contributed by atoms with Crippen molar-refractivity contribution in [2.45, 2.75) is 39.0 Å². The quantitative estimate of drug-likeness (QED) is 0.283. The summed E-state index contributed by atoms with van der Waals surface area (Å²) in [5, 5.41) is 15.0. The third kappa shape index (κ3) is 5.81. The van der Waals surface area contributed by atoms with Crippen LogP contribution >= 0.6 is 0 Å². The maximum Gasteiger partial charge on any atom is 0.303 e. The molecule has 0 radical (unpaired) electrons. The minimum atomic E-state index is -0.827. The van der Waals surface area contributed by atoms with Crippen molar-refractivity contribution in [2.24, 2.45) is 0 Å². The fraction of sp³-hybridized carbons (Fsp3) is 0.222. The third-order valence-corrected chi connectivity index (χ3v) is 5.72. The van der Waals surface area contributed by atoms with E-state index in [1.807, 2.05) is 68.4 Å². The lowest BCUT2D eigenvalue weighted by Crippen LogP contribution is -2.12. The summed E-state index contributed by atoms with van der Waals surface area (Å²) in [4.78, 5) is 27.8. The lowest BCUT2D eigenvalue weighted by Gasteiger charge is -2.11. The van der Waals surface area contributed by atoms with E-state index in [0.717, 1.165) is 27.9 Å². The maximum atomic E-state index is 12.4. The Labute approximate surface area is 197 Å². The van der Waals surface area contributed by atoms with E-state index >= 15 is 0 Å². The number of carbonyl (C=O) groups is 2. The van der Waals surface area contributed by atoms with E-state index in [1.54, 1.807) is 12.1 Å². The van der Waals surface area contributed by atoms with Crippen LogP contribution in [0.25, 0.3) is 11.1 Å². The molecule has 0 saturated heterocycles. The first-order chi connectivity index (χ1) is 16.4. The van der Waals surface area contributed by atoms with Crippen molar-refractivity contribution >= 4 is 40.4 Å². The van der Waals surface area contributed by atoms with Crippen LogP contribution in [0.1, 0.15) is 42.4 Å². The minimum absolute atomic E-state index is 0.0741. The number of carboxylic acids is 1. The zero-order chi connectivity index (χ0) is 24.1. The van der Waals surface area contributed by atoms with Crippen LogP contribution in [0.15, 0.2) is 71.1 Å². The maximum absolute atomic E-state index is 12.4. The van der Waals surface area contributed by atoms with Crippen LogP contribution in [0.3, 0.4) is 0 Å². The molecule has 1 heterocycles. The van der Waals surface area contributed by atoms with E-state index in [2.05, 4.69) is 15.6 Å². The highest BCUT2D eigenvalue weighted by molar-refractivity contribution is 5.91. The number of para-hydroxylation sites is 1. The van der Waals surface area contributed by atoms with Gasteiger partial charge in [0.2, 0.25) is 5.91 Å². The largest absolute Gasteiger partial charge is 0.481 e. The van der Waals surface area contributed by atoms with Crippen molar-refractivity contribution in [3.63, 3.8) is 0 Å². The summed E-state index contributed by atoms with van der Waals surface area (Å²) in [7, 11) is 0. The number of aliphatic carboxylic acids is 1. The monoisotopic (exact) mass is 457 g/mol. The van der Waals surface area contributed by atoms with E-state index in [-0.39, 0.29) is 18.2 Å². The Morgan fingerprint density at radius 1 is 1.06 bits per heavy atom. The molecule has 174 valence electrons. The van der Waals surface area contributed by atoms with E-state index in [0.29, 0.717) is 30.1 Å². The van der Waals surface area contributed by atoms with Crippen LogP contribution in [0.2, 0.25) is 0 Å². The number of carbonyl (C=O) groups excluding carboxylic acids is 1. The molecule has 0 aliphatic heterocycles. The molecule has 0 spiro atoms. The summed E-state index contributed by atoms with van der Waals surface area (Å²) in [6.45, 7) is 3.89. The molecule has 0 saturated carbocycles. The smallest absolute Gasteiger partial charge is 0.303 e. The second kappa shape index (κ2) is 10.2. The summed E-state index contributed by atoms with van der Waals surface area (Å²) < 4.78 is 5.87. The van der Waals surface area contributed by atoms with Gasteiger partial charge >= 0.3 is 5.97 Å². The number of amides is 1. The SMILES string of the molecule is Cc1ccccc1Nc1nc2ccc(CCC(=O)Nc3ccc(C(C)CC(=O)O)cc3)cc2o1. The van der Waals surface area contributed by atoms with Gasteiger partial charge in [-0.3, -0.25) is 9.59 Å². The van der Waals surface area contributed by atoms with E-state index < -0.39 is 5.97 Å². The lowest BCUT2D eigenvalue weighted by molar-refractivity contribution is -0.137. The van der Waals surface area contributed by atoms with Crippen LogP contribution in [-0.4, -0.2) is 22.0 Å². The second-order valence-electron chi connectivity index (χ2n) is 8.43. The molecule has 34 heavy (non-hydrogen) atoms. The first-order valence-corrected chi connectivity index (χ1v) is 11.2. The Kier molecular flexibility index (Phi) is 6.92. The molecule has 1 atom stereocenters. The van der Waals surface area contributed by atoms with Gasteiger partial charge in [-0.25, -0.2) is 0 Å². The van der Waals surface area contributed by atoms with Gasteiger partial charge in [0.05, 0.1) is 6.42 Å². The second-order valence-corrected chi connectivity index (χ2v) is 8.43. The first-order valence-electron chi connectivity index (χ1n) is 11.2. The molecule has 0 bridgehead atoms. The van der Waals surface area contributed by atoms with Gasteiger partial charge in [0.25, 0.3) is 6.01 Å². The van der Waals surface area contributed by atoms with E-state index in [1.165, 1.54) is 0 Å². The number of oxazole rings is 1. The predicted molar refractivity (Wildman–Crippen MR) is 133 cm³/mol. The Hall–Kier alpha value is -4.13. The molecule has 7 nitrogen and oxygen atoms in total. The Balaban J connectivity index is 1.33. The Morgan fingerprint density at radius 2 is 1.82 bits per heavy atom. The van der Waals surface area contributed by atoms with Crippen LogP contribution in [0.5, 0.6) is 0 Å². The highest BCUT2D eigenvalue weighted by atomic mass is 16.4. The molecule has 7 heteroatoms.